The maximum absolute atomic E-state index is 5.61. The monoisotopic (exact) mass is 242 g/mol. The number of hydrogen-bond acceptors (Lipinski definition) is 3. The van der Waals surface area contributed by atoms with Crippen LogP contribution >= 0.6 is 25.3 Å². The standard InChI is InChI=1S/C12H18OS2/c1-2-3-4-5-8-13-10-6-7-11(14)12(15)9-10/h6-7,9,14-15H,2-5,8H2,1H3. The van der Waals surface area contributed by atoms with Crippen molar-refractivity contribution in [3.05, 3.63) is 18.2 Å². The Labute approximate surface area is 103 Å². The molecule has 0 aliphatic rings. The molecule has 0 aliphatic heterocycles. The van der Waals surface area contributed by atoms with Gasteiger partial charge in [0.2, 0.25) is 0 Å². The van der Waals surface area contributed by atoms with Gasteiger partial charge < -0.3 is 4.74 Å². The number of unbranched alkanes of at least 4 members (excludes halogenated alkanes) is 3. The molecule has 0 amide bonds. The van der Waals surface area contributed by atoms with E-state index in [1.54, 1.807) is 0 Å². The number of ether oxygens (including phenoxy) is 1. The van der Waals surface area contributed by atoms with Crippen LogP contribution < -0.4 is 4.74 Å². The minimum Gasteiger partial charge on any atom is -0.494 e. The van der Waals surface area contributed by atoms with E-state index < -0.39 is 0 Å². The molecular formula is C12H18OS2. The van der Waals surface area contributed by atoms with E-state index in [1.807, 2.05) is 18.2 Å². The summed E-state index contributed by atoms with van der Waals surface area (Å²) in [5, 5.41) is 0. The van der Waals surface area contributed by atoms with Crippen LogP contribution in [0.5, 0.6) is 5.75 Å². The molecule has 0 bridgehead atoms. The van der Waals surface area contributed by atoms with Crippen LogP contribution in [-0.4, -0.2) is 6.61 Å². The van der Waals surface area contributed by atoms with Crippen molar-refractivity contribution in [3.8, 4) is 5.75 Å². The van der Waals surface area contributed by atoms with Gasteiger partial charge in [0.05, 0.1) is 6.61 Å². The Morgan fingerprint density at radius 1 is 1.07 bits per heavy atom. The van der Waals surface area contributed by atoms with Crippen molar-refractivity contribution in [2.75, 3.05) is 6.61 Å². The van der Waals surface area contributed by atoms with Crippen LogP contribution in [0.25, 0.3) is 0 Å². The predicted octanol–water partition coefficient (Wildman–Crippen LogP) is 4.22. The average molecular weight is 242 g/mol. The lowest BCUT2D eigenvalue weighted by Gasteiger charge is -2.07. The Morgan fingerprint density at radius 3 is 2.53 bits per heavy atom. The molecule has 1 aromatic rings. The van der Waals surface area contributed by atoms with Crippen molar-refractivity contribution in [1.82, 2.24) is 0 Å². The third-order valence-electron chi connectivity index (χ3n) is 2.21. The van der Waals surface area contributed by atoms with Crippen molar-refractivity contribution in [3.63, 3.8) is 0 Å². The fraction of sp³-hybridized carbons (Fsp3) is 0.500. The molecule has 0 aliphatic carbocycles. The molecule has 0 radical (unpaired) electrons. The molecule has 3 heteroatoms. The van der Waals surface area contributed by atoms with Gasteiger partial charge in [0.1, 0.15) is 5.75 Å². The van der Waals surface area contributed by atoms with Gasteiger partial charge in [0.25, 0.3) is 0 Å². The zero-order valence-electron chi connectivity index (χ0n) is 9.07. The lowest BCUT2D eigenvalue weighted by molar-refractivity contribution is 0.304. The van der Waals surface area contributed by atoms with Crippen LogP contribution in [0.3, 0.4) is 0 Å². The molecule has 0 saturated heterocycles. The van der Waals surface area contributed by atoms with E-state index in [0.29, 0.717) is 0 Å². The van der Waals surface area contributed by atoms with Crippen LogP contribution in [0.1, 0.15) is 32.6 Å². The smallest absolute Gasteiger partial charge is 0.120 e. The van der Waals surface area contributed by atoms with Gasteiger partial charge in [-0.3, -0.25) is 0 Å². The molecule has 0 heterocycles. The molecule has 0 aromatic heterocycles. The first-order chi connectivity index (χ1) is 7.24. The van der Waals surface area contributed by atoms with Gasteiger partial charge in [0.15, 0.2) is 0 Å². The third kappa shape index (κ3) is 4.85. The van der Waals surface area contributed by atoms with Gasteiger partial charge in [-0.1, -0.05) is 26.2 Å². The van der Waals surface area contributed by atoms with E-state index in [-0.39, 0.29) is 0 Å². The van der Waals surface area contributed by atoms with Crippen LogP contribution in [0.4, 0.5) is 0 Å². The van der Waals surface area contributed by atoms with E-state index in [0.717, 1.165) is 28.6 Å². The van der Waals surface area contributed by atoms with Crippen LogP contribution in [0.15, 0.2) is 28.0 Å². The van der Waals surface area contributed by atoms with Gasteiger partial charge in [-0.05, 0) is 24.6 Å². The van der Waals surface area contributed by atoms with Crippen LogP contribution in [-0.2, 0) is 0 Å². The molecule has 15 heavy (non-hydrogen) atoms. The SMILES string of the molecule is CCCCCCOc1ccc(S)c(S)c1. The zero-order valence-corrected chi connectivity index (χ0v) is 10.9. The van der Waals surface area contributed by atoms with Crippen LogP contribution in [0.2, 0.25) is 0 Å². The first kappa shape index (κ1) is 12.8. The van der Waals surface area contributed by atoms with Gasteiger partial charge in [-0.15, -0.1) is 25.3 Å². The largest absolute Gasteiger partial charge is 0.494 e. The first-order valence-electron chi connectivity index (χ1n) is 5.39. The lowest BCUT2D eigenvalue weighted by atomic mass is 10.2. The Hall–Kier alpha value is -0.280. The highest BCUT2D eigenvalue weighted by molar-refractivity contribution is 7.83. The highest BCUT2D eigenvalue weighted by Gasteiger charge is 1.98. The second-order valence-corrected chi connectivity index (χ2v) is 4.52. The molecule has 0 unspecified atom stereocenters. The molecule has 1 aromatic carbocycles. The van der Waals surface area contributed by atoms with Crippen LogP contribution in [0, 0.1) is 0 Å². The molecule has 84 valence electrons. The van der Waals surface area contributed by atoms with E-state index in [9.17, 15) is 0 Å². The summed E-state index contributed by atoms with van der Waals surface area (Å²) >= 11 is 8.54. The maximum Gasteiger partial charge on any atom is 0.120 e. The van der Waals surface area contributed by atoms with Gasteiger partial charge in [-0.2, -0.15) is 0 Å². The maximum atomic E-state index is 5.61. The topological polar surface area (TPSA) is 9.23 Å². The Morgan fingerprint density at radius 2 is 1.87 bits per heavy atom. The fourth-order valence-electron chi connectivity index (χ4n) is 1.31. The molecule has 0 N–H and O–H groups in total. The summed E-state index contributed by atoms with van der Waals surface area (Å²) in [7, 11) is 0. The molecule has 0 fully saturated rings. The Bertz CT molecular complexity index is 300. The summed E-state index contributed by atoms with van der Waals surface area (Å²) in [5.41, 5.74) is 0. The van der Waals surface area contributed by atoms with Crippen molar-refractivity contribution in [2.45, 2.75) is 42.4 Å². The van der Waals surface area contributed by atoms with Crippen molar-refractivity contribution in [1.29, 1.82) is 0 Å². The second kappa shape index (κ2) is 7.07. The molecule has 0 atom stereocenters. The van der Waals surface area contributed by atoms with Gasteiger partial charge in [-0.25, -0.2) is 0 Å². The normalized spacial score (nSPS) is 10.3. The molecule has 1 nitrogen and oxygen atoms in total. The summed E-state index contributed by atoms with van der Waals surface area (Å²) in [5.74, 6) is 0.884. The van der Waals surface area contributed by atoms with Crippen molar-refractivity contribution in [2.24, 2.45) is 0 Å². The fourth-order valence-corrected chi connectivity index (χ4v) is 1.65. The molecule has 0 saturated carbocycles. The van der Waals surface area contributed by atoms with Crippen molar-refractivity contribution < 1.29 is 4.74 Å². The van der Waals surface area contributed by atoms with E-state index in [2.05, 4.69) is 32.2 Å². The number of rotatable bonds is 6. The molecule has 1 rings (SSSR count). The number of thiol groups is 2. The Balaban J connectivity index is 2.28. The highest BCUT2D eigenvalue weighted by Crippen LogP contribution is 2.23. The minimum absolute atomic E-state index is 0.791. The third-order valence-corrected chi connectivity index (χ3v) is 3.15. The lowest BCUT2D eigenvalue weighted by Crippen LogP contribution is -1.97. The highest BCUT2D eigenvalue weighted by atomic mass is 32.1. The summed E-state index contributed by atoms with van der Waals surface area (Å²) in [4.78, 5) is 1.75. The second-order valence-electron chi connectivity index (χ2n) is 3.56. The summed E-state index contributed by atoms with van der Waals surface area (Å²) in [6.45, 7) is 3.00. The zero-order chi connectivity index (χ0) is 11.1. The quantitative estimate of drug-likeness (QED) is 0.561. The number of benzene rings is 1. The minimum atomic E-state index is 0.791. The molecular weight excluding hydrogens is 224 g/mol. The van der Waals surface area contributed by atoms with E-state index >= 15 is 0 Å². The van der Waals surface area contributed by atoms with Crippen molar-refractivity contribution >= 4 is 25.3 Å². The van der Waals surface area contributed by atoms with Gasteiger partial charge in [0, 0.05) is 9.79 Å². The average Bonchev–Trinajstić information content (AvgIpc) is 2.23. The molecule has 0 spiro atoms. The summed E-state index contributed by atoms with van der Waals surface area (Å²) in [6.07, 6.45) is 4.92. The first-order valence-corrected chi connectivity index (χ1v) is 6.28. The summed E-state index contributed by atoms with van der Waals surface area (Å²) < 4.78 is 5.61. The predicted molar refractivity (Wildman–Crippen MR) is 70.6 cm³/mol. The van der Waals surface area contributed by atoms with E-state index in [4.69, 9.17) is 4.74 Å². The number of hydrogen-bond donors (Lipinski definition) is 2. The Kier molecular flexibility index (Phi) is 6.03. The van der Waals surface area contributed by atoms with E-state index in [1.165, 1.54) is 19.3 Å². The van der Waals surface area contributed by atoms with Gasteiger partial charge >= 0.3 is 0 Å². The summed E-state index contributed by atoms with van der Waals surface area (Å²) in [6, 6.07) is 5.75.